The molecule has 104 valence electrons. The second-order valence-electron chi connectivity index (χ2n) is 4.67. The van der Waals surface area contributed by atoms with Crippen LogP contribution < -0.4 is 0 Å². The van der Waals surface area contributed by atoms with Gasteiger partial charge in [0.15, 0.2) is 0 Å². The Balaban J connectivity index is 2.27. The molecule has 1 unspecified atom stereocenters. The smallest absolute Gasteiger partial charge is 0.253 e. The molecule has 2 aromatic rings. The van der Waals surface area contributed by atoms with Gasteiger partial charge in [-0.1, -0.05) is 60.7 Å². The van der Waals surface area contributed by atoms with Crippen molar-refractivity contribution in [3.8, 4) is 0 Å². The summed E-state index contributed by atoms with van der Waals surface area (Å²) in [5.41, 5.74) is 2.14. The fourth-order valence-electron chi connectivity index (χ4n) is 2.19. The minimum Gasteiger partial charge on any atom is -0.275 e. The van der Waals surface area contributed by atoms with E-state index in [1.54, 1.807) is 7.05 Å². The van der Waals surface area contributed by atoms with Crippen molar-refractivity contribution in [3.63, 3.8) is 0 Å². The molecular weight excluding hydrogens is 250 g/mol. The highest BCUT2D eigenvalue weighted by Crippen LogP contribution is 2.23. The molecule has 0 saturated carbocycles. The molecule has 0 saturated heterocycles. The Morgan fingerprint density at radius 2 is 1.60 bits per heavy atom. The summed E-state index contributed by atoms with van der Waals surface area (Å²) >= 11 is 0. The highest BCUT2D eigenvalue weighted by atomic mass is 16.7. The van der Waals surface area contributed by atoms with Crippen molar-refractivity contribution in [3.05, 3.63) is 71.8 Å². The van der Waals surface area contributed by atoms with Gasteiger partial charge in [-0.05, 0) is 17.5 Å². The van der Waals surface area contributed by atoms with Crippen LogP contribution in [0.4, 0.5) is 0 Å². The molecule has 0 spiro atoms. The van der Waals surface area contributed by atoms with Gasteiger partial charge < -0.3 is 0 Å². The SMILES string of the molecule is CON(C)C(=O)C(Cc1ccccc1)c1ccccc1. The zero-order valence-electron chi connectivity index (χ0n) is 11.8. The van der Waals surface area contributed by atoms with Crippen LogP contribution in [0.3, 0.4) is 0 Å². The van der Waals surface area contributed by atoms with Crippen LogP contribution in [0, 0.1) is 0 Å². The van der Waals surface area contributed by atoms with Gasteiger partial charge in [0.25, 0.3) is 5.91 Å². The van der Waals surface area contributed by atoms with E-state index in [9.17, 15) is 4.79 Å². The summed E-state index contributed by atoms with van der Waals surface area (Å²) in [7, 11) is 3.14. The third-order valence-electron chi connectivity index (χ3n) is 3.37. The maximum atomic E-state index is 12.5. The van der Waals surface area contributed by atoms with E-state index < -0.39 is 0 Å². The predicted molar refractivity (Wildman–Crippen MR) is 79.1 cm³/mol. The second kappa shape index (κ2) is 6.87. The highest BCUT2D eigenvalue weighted by Gasteiger charge is 2.24. The summed E-state index contributed by atoms with van der Waals surface area (Å²) in [6, 6.07) is 19.8. The lowest BCUT2D eigenvalue weighted by Crippen LogP contribution is -2.32. The first-order valence-electron chi connectivity index (χ1n) is 6.63. The summed E-state index contributed by atoms with van der Waals surface area (Å²) in [4.78, 5) is 17.5. The van der Waals surface area contributed by atoms with Gasteiger partial charge in [-0.15, -0.1) is 0 Å². The van der Waals surface area contributed by atoms with Crippen molar-refractivity contribution in [2.45, 2.75) is 12.3 Å². The predicted octanol–water partition coefficient (Wildman–Crippen LogP) is 3.03. The number of hydrogen-bond acceptors (Lipinski definition) is 2. The van der Waals surface area contributed by atoms with Crippen LogP contribution in [0.15, 0.2) is 60.7 Å². The molecule has 0 heterocycles. The average molecular weight is 269 g/mol. The number of carbonyl (C=O) groups is 1. The fourth-order valence-corrected chi connectivity index (χ4v) is 2.19. The van der Waals surface area contributed by atoms with Crippen molar-refractivity contribution in [2.75, 3.05) is 14.2 Å². The third-order valence-corrected chi connectivity index (χ3v) is 3.37. The first kappa shape index (κ1) is 14.3. The van der Waals surface area contributed by atoms with Crippen LogP contribution in [0.5, 0.6) is 0 Å². The Labute approximate surface area is 119 Å². The molecular formula is C17H19NO2. The van der Waals surface area contributed by atoms with Crippen molar-refractivity contribution in [1.29, 1.82) is 0 Å². The van der Waals surface area contributed by atoms with E-state index in [1.165, 1.54) is 12.2 Å². The van der Waals surface area contributed by atoms with Crippen molar-refractivity contribution < 1.29 is 9.63 Å². The normalized spacial score (nSPS) is 11.9. The van der Waals surface area contributed by atoms with Gasteiger partial charge in [-0.25, -0.2) is 5.06 Å². The van der Waals surface area contributed by atoms with Crippen molar-refractivity contribution in [2.24, 2.45) is 0 Å². The summed E-state index contributed by atoms with van der Waals surface area (Å²) in [5, 5.41) is 1.29. The largest absolute Gasteiger partial charge is 0.275 e. The molecule has 2 aromatic carbocycles. The van der Waals surface area contributed by atoms with Gasteiger partial charge in [0.2, 0.25) is 0 Å². The molecule has 3 nitrogen and oxygen atoms in total. The van der Waals surface area contributed by atoms with Crippen molar-refractivity contribution >= 4 is 5.91 Å². The number of likely N-dealkylation sites (N-methyl/N-ethyl adjacent to an activating group) is 1. The average Bonchev–Trinajstić information content (AvgIpc) is 2.53. The zero-order valence-corrected chi connectivity index (χ0v) is 11.8. The van der Waals surface area contributed by atoms with E-state index in [4.69, 9.17) is 4.84 Å². The van der Waals surface area contributed by atoms with Crippen LogP contribution in [-0.2, 0) is 16.1 Å². The minimum atomic E-state index is -0.233. The molecule has 1 amide bonds. The Kier molecular flexibility index (Phi) is 4.91. The Bertz CT molecular complexity index is 539. The first-order valence-corrected chi connectivity index (χ1v) is 6.63. The fraction of sp³-hybridized carbons (Fsp3) is 0.235. The molecule has 20 heavy (non-hydrogen) atoms. The summed E-state index contributed by atoms with van der Waals surface area (Å²) in [5.74, 6) is -0.272. The number of nitrogens with zero attached hydrogens (tertiary/aromatic N) is 1. The Morgan fingerprint density at radius 3 is 2.15 bits per heavy atom. The van der Waals surface area contributed by atoms with Gasteiger partial charge in [-0.2, -0.15) is 0 Å². The highest BCUT2D eigenvalue weighted by molar-refractivity contribution is 5.83. The lowest BCUT2D eigenvalue weighted by molar-refractivity contribution is -0.170. The minimum absolute atomic E-state index is 0.0393. The van der Waals surface area contributed by atoms with Gasteiger partial charge in [-0.3, -0.25) is 9.63 Å². The summed E-state index contributed by atoms with van der Waals surface area (Å²) in [6.45, 7) is 0. The van der Waals surface area contributed by atoms with Gasteiger partial charge in [0.05, 0.1) is 13.0 Å². The number of rotatable bonds is 5. The lowest BCUT2D eigenvalue weighted by Gasteiger charge is -2.22. The maximum absolute atomic E-state index is 12.5. The lowest BCUT2D eigenvalue weighted by atomic mass is 9.91. The van der Waals surface area contributed by atoms with Crippen LogP contribution in [-0.4, -0.2) is 25.1 Å². The van der Waals surface area contributed by atoms with E-state index >= 15 is 0 Å². The molecule has 0 aromatic heterocycles. The monoisotopic (exact) mass is 269 g/mol. The van der Waals surface area contributed by atoms with Crippen LogP contribution in [0.2, 0.25) is 0 Å². The van der Waals surface area contributed by atoms with E-state index in [1.807, 2.05) is 60.7 Å². The molecule has 2 rings (SSSR count). The summed E-state index contributed by atoms with van der Waals surface area (Å²) in [6.07, 6.45) is 0.664. The van der Waals surface area contributed by atoms with Gasteiger partial charge in [0.1, 0.15) is 0 Å². The molecule has 0 radical (unpaired) electrons. The molecule has 0 fully saturated rings. The number of amides is 1. The Hall–Kier alpha value is -2.13. The second-order valence-corrected chi connectivity index (χ2v) is 4.67. The first-order chi connectivity index (χ1) is 9.72. The van der Waals surface area contributed by atoms with E-state index in [2.05, 4.69) is 0 Å². The molecule has 3 heteroatoms. The van der Waals surface area contributed by atoms with Gasteiger partial charge in [0, 0.05) is 7.05 Å². The number of carbonyl (C=O) groups excluding carboxylic acids is 1. The number of benzene rings is 2. The van der Waals surface area contributed by atoms with Gasteiger partial charge >= 0.3 is 0 Å². The molecule has 0 aliphatic rings. The van der Waals surface area contributed by atoms with Crippen molar-refractivity contribution in [1.82, 2.24) is 5.06 Å². The van der Waals surface area contributed by atoms with Crippen LogP contribution in [0.1, 0.15) is 17.0 Å². The number of hydrogen-bond donors (Lipinski definition) is 0. The zero-order chi connectivity index (χ0) is 14.4. The number of hydroxylamine groups is 2. The van der Waals surface area contributed by atoms with E-state index in [-0.39, 0.29) is 11.8 Å². The molecule has 0 aliphatic carbocycles. The van der Waals surface area contributed by atoms with E-state index in [0.29, 0.717) is 6.42 Å². The maximum Gasteiger partial charge on any atom is 0.253 e. The van der Waals surface area contributed by atoms with Crippen LogP contribution in [0.25, 0.3) is 0 Å². The molecule has 0 N–H and O–H groups in total. The summed E-state index contributed by atoms with van der Waals surface area (Å²) < 4.78 is 0. The topological polar surface area (TPSA) is 29.5 Å². The molecule has 0 bridgehead atoms. The Morgan fingerprint density at radius 1 is 1.05 bits per heavy atom. The van der Waals surface area contributed by atoms with E-state index in [0.717, 1.165) is 11.1 Å². The third kappa shape index (κ3) is 3.45. The molecule has 0 aliphatic heterocycles. The quantitative estimate of drug-likeness (QED) is 0.781. The van der Waals surface area contributed by atoms with Crippen LogP contribution >= 0.6 is 0 Å². The standard InChI is InChI=1S/C17H19NO2/c1-18(20-2)17(19)16(15-11-7-4-8-12-15)13-14-9-5-3-6-10-14/h3-12,16H,13H2,1-2H3. The molecule has 1 atom stereocenters.